The summed E-state index contributed by atoms with van der Waals surface area (Å²) < 4.78 is 51.9. The average Bonchev–Trinajstić information content (AvgIpc) is 3.13. The van der Waals surface area contributed by atoms with Crippen LogP contribution in [-0.2, 0) is 31.6 Å². The normalized spacial score (nSPS) is 25.2. The number of nitrogens with two attached hydrogens (primary N) is 1. The van der Waals surface area contributed by atoms with Crippen molar-refractivity contribution < 1.29 is 185 Å². The molecule has 25 heteroatoms. The van der Waals surface area contributed by atoms with E-state index in [0.29, 0.717) is 0 Å². The molecule has 0 spiro atoms. The molecular formula is C10H20N5Na4O13P3. The number of ether oxygens (including phenoxy) is 1. The Balaban J connectivity index is -0.000000340. The molecule has 1 aliphatic heterocycles. The summed E-state index contributed by atoms with van der Waals surface area (Å²) in [5, 5.41) is 20.4. The summed E-state index contributed by atoms with van der Waals surface area (Å²) in [6.45, 7) is -0.956. The number of phosphoric acid groups is 3. The molecule has 35 heavy (non-hydrogen) atoms. The Labute approximate surface area is 291 Å². The van der Waals surface area contributed by atoms with Crippen molar-refractivity contribution in [1.29, 1.82) is 0 Å². The van der Waals surface area contributed by atoms with Gasteiger partial charge in [-0.25, -0.2) is 28.6 Å². The maximum absolute atomic E-state index is 11.8. The van der Waals surface area contributed by atoms with Gasteiger partial charge in [-0.1, -0.05) is 0 Å². The predicted molar refractivity (Wildman–Crippen MR) is 99.9 cm³/mol. The Bertz CT molecular complexity index is 1140. The van der Waals surface area contributed by atoms with Gasteiger partial charge < -0.3 is 46.0 Å². The first kappa shape index (κ1) is 39.8. The zero-order chi connectivity index (χ0) is 23.2. The molecule has 2 aromatic heterocycles. The van der Waals surface area contributed by atoms with Crippen LogP contribution in [0.3, 0.4) is 0 Å². The number of imidazole rings is 1. The molecule has 0 radical (unpaired) electrons. The fraction of sp³-hybridized carbons (Fsp3) is 0.500. The molecule has 2 unspecified atom stereocenters. The van der Waals surface area contributed by atoms with Crippen LogP contribution in [0.1, 0.15) is 11.9 Å². The Kier molecular flexibility index (Phi) is 17.7. The molecule has 1 fully saturated rings. The van der Waals surface area contributed by atoms with E-state index >= 15 is 0 Å². The number of aliphatic hydroxyl groups excluding tert-OH is 2. The second-order valence-electron chi connectivity index (χ2n) is 6.02. The van der Waals surface area contributed by atoms with Crippen LogP contribution in [0.5, 0.6) is 0 Å². The van der Waals surface area contributed by atoms with Crippen LogP contribution in [-0.4, -0.2) is 74.2 Å². The first-order valence-corrected chi connectivity index (χ1v) is 12.4. The quantitative estimate of drug-likeness (QED) is 0.109. The minimum atomic E-state index is -5.70. The third kappa shape index (κ3) is 10.9. The van der Waals surface area contributed by atoms with Crippen LogP contribution in [0.25, 0.3) is 11.2 Å². The molecule has 0 amide bonds. The zero-order valence-corrected chi connectivity index (χ0v) is 29.6. The fourth-order valence-electron chi connectivity index (χ4n) is 2.62. The maximum atomic E-state index is 11.8. The van der Waals surface area contributed by atoms with Gasteiger partial charge in [-0.05, 0) is 0 Å². The predicted octanol–water partition coefficient (Wildman–Crippen LogP) is -13.2. The number of anilines is 1. The van der Waals surface area contributed by atoms with E-state index in [1.54, 1.807) is 0 Å². The standard InChI is InChI=1S/C10H16N5O13P3.4Na.4H/c11-8-5-9(13-2-12-8)15(3-14-5)10-7(17)6(16)4(26-10)1-25-30(21,22)28-31(23,24)27-29(18,19)20;;;;;;;;/h2-4,6-7,10,16-17H,1H2,(H,21,22)(H,23,24)(H2,11,12,13)(H2,18,19,20);;;;;;;;/q;4*+1;4*-1/t4-,6-,7-,10-;;;;;;;;/m1......../s1. The molecular weight excluding hydrogens is 583 g/mol. The van der Waals surface area contributed by atoms with Crippen LogP contribution in [0, 0.1) is 0 Å². The van der Waals surface area contributed by atoms with Gasteiger partial charge in [-0.3, -0.25) is 9.09 Å². The monoisotopic (exact) mass is 603 g/mol. The summed E-state index contributed by atoms with van der Waals surface area (Å²) in [5.74, 6) is 0.0426. The van der Waals surface area contributed by atoms with Crippen molar-refractivity contribution >= 4 is 40.4 Å². The molecule has 3 rings (SSSR count). The molecule has 18 nitrogen and oxygen atoms in total. The SMILES string of the molecule is Nc1ncnc2c1ncn2[C@@H]1O[C@H](COP(=O)(O)OP(=O)(O)OP(=O)(O)O)[C@@H](O)[C@H]1O.[H-].[H-].[H-].[H-].[Na+].[Na+].[Na+].[Na+]. The van der Waals surface area contributed by atoms with Gasteiger partial charge in [0, 0.05) is 0 Å². The van der Waals surface area contributed by atoms with Crippen LogP contribution < -0.4 is 124 Å². The molecule has 0 aromatic carbocycles. The Morgan fingerprint density at radius 3 is 2.14 bits per heavy atom. The van der Waals surface area contributed by atoms with Gasteiger partial charge >= 0.3 is 142 Å². The molecule has 8 N–H and O–H groups in total. The van der Waals surface area contributed by atoms with Crippen molar-refractivity contribution in [3.63, 3.8) is 0 Å². The summed E-state index contributed by atoms with van der Waals surface area (Å²) >= 11 is 0. The van der Waals surface area contributed by atoms with E-state index in [1.165, 1.54) is 10.9 Å². The van der Waals surface area contributed by atoms with Crippen molar-refractivity contribution in [2.24, 2.45) is 0 Å². The summed E-state index contributed by atoms with van der Waals surface area (Å²) in [7, 11) is -16.7. The number of nitrogens with zero attached hydrogens (tertiary/aromatic N) is 4. The third-order valence-corrected chi connectivity index (χ3v) is 7.62. The van der Waals surface area contributed by atoms with Gasteiger partial charge in [0.05, 0.1) is 12.9 Å². The minimum Gasteiger partial charge on any atom is -1.00 e. The van der Waals surface area contributed by atoms with Crippen molar-refractivity contribution in [1.82, 2.24) is 19.5 Å². The first-order chi connectivity index (χ1) is 14.2. The van der Waals surface area contributed by atoms with E-state index in [1.807, 2.05) is 0 Å². The molecule has 182 valence electrons. The maximum Gasteiger partial charge on any atom is 1.00 e. The van der Waals surface area contributed by atoms with E-state index in [4.69, 9.17) is 25.2 Å². The van der Waals surface area contributed by atoms with Gasteiger partial charge in [0.1, 0.15) is 30.2 Å². The summed E-state index contributed by atoms with van der Waals surface area (Å²) in [6, 6.07) is 0. The number of fused-ring (bicyclic) bond motifs is 1. The summed E-state index contributed by atoms with van der Waals surface area (Å²) in [5.41, 5.74) is 6.00. The number of hydrogen-bond acceptors (Lipinski definition) is 13. The van der Waals surface area contributed by atoms with Crippen LogP contribution in [0.15, 0.2) is 12.7 Å². The number of rotatable bonds is 8. The Hall–Kier alpha value is 2.64. The van der Waals surface area contributed by atoms with Gasteiger partial charge in [-0.2, -0.15) is 8.62 Å². The Morgan fingerprint density at radius 2 is 1.57 bits per heavy atom. The molecule has 0 aliphatic carbocycles. The zero-order valence-electron chi connectivity index (χ0n) is 22.9. The molecule has 2 aromatic rings. The van der Waals surface area contributed by atoms with Crippen LogP contribution >= 0.6 is 23.5 Å². The van der Waals surface area contributed by atoms with E-state index in [-0.39, 0.29) is 141 Å². The largest absolute Gasteiger partial charge is 1.00 e. The molecule has 1 saturated heterocycles. The number of hydrogen-bond donors (Lipinski definition) is 7. The van der Waals surface area contributed by atoms with Crippen molar-refractivity contribution in [2.75, 3.05) is 12.3 Å². The number of aromatic nitrogens is 4. The molecule has 0 bridgehead atoms. The topological polar surface area (TPSA) is 279 Å². The van der Waals surface area contributed by atoms with Gasteiger partial charge in [-0.15, -0.1) is 0 Å². The number of nitrogen functional groups attached to an aromatic ring is 1. The first-order valence-electron chi connectivity index (χ1n) is 7.92. The second kappa shape index (κ2) is 15.6. The van der Waals surface area contributed by atoms with E-state index in [9.17, 15) is 28.8 Å². The molecule has 6 atom stereocenters. The Morgan fingerprint density at radius 1 is 0.971 bits per heavy atom. The summed E-state index contributed by atoms with van der Waals surface area (Å²) in [4.78, 5) is 47.2. The van der Waals surface area contributed by atoms with Crippen molar-refractivity contribution in [3.8, 4) is 0 Å². The number of aliphatic hydroxyl groups is 2. The average molecular weight is 603 g/mol. The van der Waals surface area contributed by atoms with E-state index in [2.05, 4.69) is 28.1 Å². The molecule has 3 heterocycles. The van der Waals surface area contributed by atoms with Crippen LogP contribution in [0.2, 0.25) is 0 Å². The van der Waals surface area contributed by atoms with Crippen molar-refractivity contribution in [3.05, 3.63) is 12.7 Å². The van der Waals surface area contributed by atoms with Crippen molar-refractivity contribution in [2.45, 2.75) is 24.5 Å². The second-order valence-corrected chi connectivity index (χ2v) is 10.4. The minimum absolute atomic E-state index is 0. The van der Waals surface area contributed by atoms with Crippen LogP contribution in [0.4, 0.5) is 5.82 Å². The number of phosphoric ester groups is 1. The fourth-order valence-corrected chi connectivity index (χ4v) is 5.65. The molecule has 0 saturated carbocycles. The summed E-state index contributed by atoms with van der Waals surface area (Å²) in [6.07, 6.45) is -3.69. The van der Waals surface area contributed by atoms with E-state index in [0.717, 1.165) is 6.33 Å². The third-order valence-electron chi connectivity index (χ3n) is 3.82. The van der Waals surface area contributed by atoms with Gasteiger partial charge in [0.2, 0.25) is 0 Å². The van der Waals surface area contributed by atoms with Gasteiger partial charge in [0.25, 0.3) is 0 Å². The molecule has 1 aliphatic rings. The van der Waals surface area contributed by atoms with Gasteiger partial charge in [0.15, 0.2) is 17.7 Å². The van der Waals surface area contributed by atoms with E-state index < -0.39 is 54.6 Å². The smallest absolute Gasteiger partial charge is 1.00 e.